The van der Waals surface area contributed by atoms with Gasteiger partial charge in [0.05, 0.1) is 12.5 Å². The van der Waals surface area contributed by atoms with Crippen molar-refractivity contribution in [2.24, 2.45) is 0 Å². The minimum atomic E-state index is -0.645. The maximum absolute atomic E-state index is 13.4. The van der Waals surface area contributed by atoms with Crippen LogP contribution in [0.3, 0.4) is 0 Å². The number of nitrogens with one attached hydrogen (secondary N) is 2. The number of rotatable bonds is 3. The first-order chi connectivity index (χ1) is 12.1. The molecule has 2 N–H and O–H groups in total. The van der Waals surface area contributed by atoms with E-state index in [0.29, 0.717) is 17.0 Å². The molecule has 2 amide bonds. The van der Waals surface area contributed by atoms with Crippen LogP contribution in [0.15, 0.2) is 52.9 Å². The molecule has 3 aromatic rings. The van der Waals surface area contributed by atoms with E-state index in [1.807, 2.05) is 30.3 Å². The number of amides is 2. The summed E-state index contributed by atoms with van der Waals surface area (Å²) in [7, 11) is 0. The lowest BCUT2D eigenvalue weighted by atomic mass is 9.89. The minimum absolute atomic E-state index is 0.0323. The highest BCUT2D eigenvalue weighted by atomic mass is 19.1. The Morgan fingerprint density at radius 1 is 1.24 bits per heavy atom. The number of hydrogen-bond acceptors (Lipinski definition) is 3. The Labute approximate surface area is 142 Å². The third kappa shape index (κ3) is 2.98. The van der Waals surface area contributed by atoms with Crippen LogP contribution in [-0.2, 0) is 16.1 Å². The van der Waals surface area contributed by atoms with Crippen molar-refractivity contribution in [1.29, 1.82) is 0 Å². The summed E-state index contributed by atoms with van der Waals surface area (Å²) in [6.07, 6.45) is 0.0323. The molecule has 1 aromatic heterocycles. The molecular weight excluding hydrogens is 323 g/mol. The zero-order valence-corrected chi connectivity index (χ0v) is 13.2. The van der Waals surface area contributed by atoms with Crippen LogP contribution < -0.4 is 10.6 Å². The normalized spacial score (nSPS) is 16.4. The standard InChI is InChI=1S/C19H15FN2O3/c20-12-5-6-14-15(9-18(23)22-16(14)8-12)19(24)21-10-13-7-11-3-1-2-4-17(11)25-13/h1-8,15H,9-10H2,(H,21,24)(H,22,23)/t15-/m1/s1. The molecule has 1 aliphatic rings. The van der Waals surface area contributed by atoms with E-state index in [-0.39, 0.29) is 24.8 Å². The summed E-state index contributed by atoms with van der Waals surface area (Å²) < 4.78 is 19.0. The third-order valence-corrected chi connectivity index (χ3v) is 4.28. The van der Waals surface area contributed by atoms with E-state index in [2.05, 4.69) is 10.6 Å². The van der Waals surface area contributed by atoms with Gasteiger partial charge < -0.3 is 15.1 Å². The van der Waals surface area contributed by atoms with Gasteiger partial charge in [0.2, 0.25) is 11.8 Å². The lowest BCUT2D eigenvalue weighted by Gasteiger charge is -2.24. The molecule has 0 radical (unpaired) electrons. The van der Waals surface area contributed by atoms with Crippen LogP contribution in [-0.4, -0.2) is 11.8 Å². The van der Waals surface area contributed by atoms with Crippen molar-refractivity contribution in [3.8, 4) is 0 Å². The summed E-state index contributed by atoms with van der Waals surface area (Å²) in [5.41, 5.74) is 1.72. The number of furan rings is 1. The van der Waals surface area contributed by atoms with Crippen molar-refractivity contribution in [2.75, 3.05) is 5.32 Å². The maximum Gasteiger partial charge on any atom is 0.228 e. The van der Waals surface area contributed by atoms with Gasteiger partial charge in [-0.1, -0.05) is 24.3 Å². The second-order valence-electron chi connectivity index (χ2n) is 6.00. The molecule has 2 heterocycles. The number of anilines is 1. The van der Waals surface area contributed by atoms with Crippen molar-refractivity contribution in [3.63, 3.8) is 0 Å². The number of carbonyl (C=O) groups is 2. The molecule has 126 valence electrons. The first-order valence-corrected chi connectivity index (χ1v) is 7.94. The molecule has 0 bridgehead atoms. The van der Waals surface area contributed by atoms with Crippen molar-refractivity contribution in [2.45, 2.75) is 18.9 Å². The molecule has 6 heteroatoms. The van der Waals surface area contributed by atoms with Gasteiger partial charge in [-0.05, 0) is 29.8 Å². The highest BCUT2D eigenvalue weighted by Crippen LogP contribution is 2.33. The Morgan fingerprint density at radius 2 is 2.08 bits per heavy atom. The van der Waals surface area contributed by atoms with Crippen LogP contribution in [0.5, 0.6) is 0 Å². The number of halogens is 1. The van der Waals surface area contributed by atoms with Crippen LogP contribution in [0, 0.1) is 5.82 Å². The monoisotopic (exact) mass is 338 g/mol. The van der Waals surface area contributed by atoms with Gasteiger partial charge in [-0.15, -0.1) is 0 Å². The van der Waals surface area contributed by atoms with E-state index >= 15 is 0 Å². The van der Waals surface area contributed by atoms with E-state index in [1.165, 1.54) is 18.2 Å². The van der Waals surface area contributed by atoms with Crippen LogP contribution >= 0.6 is 0 Å². The average molecular weight is 338 g/mol. The summed E-state index contributed by atoms with van der Waals surface area (Å²) in [6.45, 7) is 0.224. The average Bonchev–Trinajstić information content (AvgIpc) is 3.01. The van der Waals surface area contributed by atoms with Crippen LogP contribution in [0.1, 0.15) is 23.7 Å². The Kier molecular flexibility index (Phi) is 3.72. The van der Waals surface area contributed by atoms with E-state index in [0.717, 1.165) is 11.0 Å². The first-order valence-electron chi connectivity index (χ1n) is 7.94. The molecule has 0 spiro atoms. The fraction of sp³-hybridized carbons (Fsp3) is 0.158. The molecule has 5 nitrogen and oxygen atoms in total. The lowest BCUT2D eigenvalue weighted by molar-refractivity contribution is -0.126. The molecule has 4 rings (SSSR count). The summed E-state index contributed by atoms with van der Waals surface area (Å²) in [6, 6.07) is 13.5. The second-order valence-corrected chi connectivity index (χ2v) is 6.00. The Morgan fingerprint density at radius 3 is 2.92 bits per heavy atom. The number of para-hydroxylation sites is 1. The molecule has 2 aromatic carbocycles. The zero-order valence-electron chi connectivity index (χ0n) is 13.2. The number of carbonyl (C=O) groups excluding carboxylic acids is 2. The van der Waals surface area contributed by atoms with Gasteiger partial charge in [-0.25, -0.2) is 4.39 Å². The topological polar surface area (TPSA) is 71.3 Å². The highest BCUT2D eigenvalue weighted by molar-refractivity contribution is 6.01. The minimum Gasteiger partial charge on any atom is -0.459 e. The fourth-order valence-corrected chi connectivity index (χ4v) is 3.09. The molecule has 1 aliphatic heterocycles. The number of benzene rings is 2. The largest absolute Gasteiger partial charge is 0.459 e. The van der Waals surface area contributed by atoms with Crippen molar-refractivity contribution in [1.82, 2.24) is 5.32 Å². The summed E-state index contributed by atoms with van der Waals surface area (Å²) in [4.78, 5) is 24.4. The molecule has 0 unspecified atom stereocenters. The first kappa shape index (κ1) is 15.4. The predicted octanol–water partition coefficient (Wildman–Crippen LogP) is 3.31. The quantitative estimate of drug-likeness (QED) is 0.770. The Hall–Kier alpha value is -3.15. The molecule has 25 heavy (non-hydrogen) atoms. The van der Waals surface area contributed by atoms with Crippen molar-refractivity contribution in [3.05, 3.63) is 65.7 Å². The van der Waals surface area contributed by atoms with Gasteiger partial charge in [0.15, 0.2) is 0 Å². The summed E-state index contributed by atoms with van der Waals surface area (Å²) in [5.74, 6) is -1.06. The number of fused-ring (bicyclic) bond motifs is 2. The SMILES string of the molecule is O=C1C[C@@H](C(=O)NCc2cc3ccccc3o2)c2ccc(F)cc2N1. The maximum atomic E-state index is 13.4. The highest BCUT2D eigenvalue weighted by Gasteiger charge is 2.30. The van der Waals surface area contributed by atoms with Gasteiger partial charge in [0.1, 0.15) is 17.2 Å². The van der Waals surface area contributed by atoms with Crippen molar-refractivity contribution < 1.29 is 18.4 Å². The third-order valence-electron chi connectivity index (χ3n) is 4.28. The molecule has 0 fully saturated rings. The smallest absolute Gasteiger partial charge is 0.228 e. The van der Waals surface area contributed by atoms with Crippen molar-refractivity contribution >= 4 is 28.5 Å². The number of hydrogen-bond donors (Lipinski definition) is 2. The van der Waals surface area contributed by atoms with Gasteiger partial charge in [-0.2, -0.15) is 0 Å². The Balaban J connectivity index is 1.52. The van der Waals surface area contributed by atoms with Crippen LogP contribution in [0.2, 0.25) is 0 Å². The molecule has 0 aliphatic carbocycles. The van der Waals surface area contributed by atoms with Gasteiger partial charge in [0, 0.05) is 17.5 Å². The van der Waals surface area contributed by atoms with Crippen LogP contribution in [0.4, 0.5) is 10.1 Å². The molecule has 0 saturated carbocycles. The van der Waals surface area contributed by atoms with Crippen LogP contribution in [0.25, 0.3) is 11.0 Å². The van der Waals surface area contributed by atoms with E-state index in [4.69, 9.17) is 4.42 Å². The molecular formula is C19H15FN2O3. The van der Waals surface area contributed by atoms with E-state index in [1.54, 1.807) is 0 Å². The van der Waals surface area contributed by atoms with E-state index < -0.39 is 11.7 Å². The van der Waals surface area contributed by atoms with Gasteiger partial charge in [-0.3, -0.25) is 9.59 Å². The Bertz CT molecular complexity index is 947. The van der Waals surface area contributed by atoms with Gasteiger partial charge in [0.25, 0.3) is 0 Å². The predicted molar refractivity (Wildman–Crippen MR) is 90.4 cm³/mol. The lowest BCUT2D eigenvalue weighted by Crippen LogP contribution is -2.34. The summed E-state index contributed by atoms with van der Waals surface area (Å²) in [5, 5.41) is 6.36. The van der Waals surface area contributed by atoms with Gasteiger partial charge >= 0.3 is 0 Å². The zero-order chi connectivity index (χ0) is 17.4. The fourth-order valence-electron chi connectivity index (χ4n) is 3.09. The second kappa shape index (κ2) is 6.05. The molecule has 0 saturated heterocycles. The van der Waals surface area contributed by atoms with E-state index in [9.17, 15) is 14.0 Å². The summed E-state index contributed by atoms with van der Waals surface area (Å²) >= 11 is 0. The molecule has 1 atom stereocenters.